The second-order valence-corrected chi connectivity index (χ2v) is 5.05. The van der Waals surface area contributed by atoms with Gasteiger partial charge in [-0.1, -0.05) is 0 Å². The van der Waals surface area contributed by atoms with Crippen LogP contribution in [0.3, 0.4) is 0 Å². The van der Waals surface area contributed by atoms with Gasteiger partial charge in [0.2, 0.25) is 0 Å². The standard InChI is InChI=1S/C17H13N5O3/c23-17(16-6-5-15(11-19-16)22(24)25)21-13-3-1-12(2-4-13)20-14-7-9-18-10-8-14/h1-11H,(H,18,20)(H,21,23). The van der Waals surface area contributed by atoms with Gasteiger partial charge in [0.25, 0.3) is 11.6 Å². The fourth-order valence-corrected chi connectivity index (χ4v) is 2.06. The number of hydrogen-bond donors (Lipinski definition) is 2. The zero-order chi connectivity index (χ0) is 17.6. The van der Waals surface area contributed by atoms with Gasteiger partial charge in [-0.05, 0) is 42.5 Å². The molecule has 124 valence electrons. The lowest BCUT2D eigenvalue weighted by Crippen LogP contribution is -2.13. The highest BCUT2D eigenvalue weighted by Gasteiger charge is 2.11. The number of benzene rings is 1. The Morgan fingerprint density at radius 2 is 1.56 bits per heavy atom. The van der Waals surface area contributed by atoms with Crippen molar-refractivity contribution in [3.63, 3.8) is 0 Å². The molecule has 1 aromatic carbocycles. The molecule has 8 nitrogen and oxygen atoms in total. The largest absolute Gasteiger partial charge is 0.355 e. The minimum atomic E-state index is -0.566. The van der Waals surface area contributed by atoms with Crippen LogP contribution in [0.5, 0.6) is 0 Å². The van der Waals surface area contributed by atoms with Crippen molar-refractivity contribution in [2.45, 2.75) is 0 Å². The van der Waals surface area contributed by atoms with Gasteiger partial charge < -0.3 is 10.6 Å². The molecule has 2 heterocycles. The number of anilines is 3. The first-order valence-electron chi connectivity index (χ1n) is 7.31. The lowest BCUT2D eigenvalue weighted by molar-refractivity contribution is -0.385. The molecule has 3 aromatic rings. The summed E-state index contributed by atoms with van der Waals surface area (Å²) in [7, 11) is 0. The highest BCUT2D eigenvalue weighted by atomic mass is 16.6. The van der Waals surface area contributed by atoms with Crippen LogP contribution in [0.25, 0.3) is 0 Å². The molecule has 0 aliphatic heterocycles. The zero-order valence-corrected chi connectivity index (χ0v) is 12.9. The summed E-state index contributed by atoms with van der Waals surface area (Å²) in [6.07, 6.45) is 4.43. The summed E-state index contributed by atoms with van der Waals surface area (Å²) in [5.74, 6) is -0.440. The summed E-state index contributed by atoms with van der Waals surface area (Å²) in [4.78, 5) is 29.9. The summed E-state index contributed by atoms with van der Waals surface area (Å²) >= 11 is 0. The summed E-state index contributed by atoms with van der Waals surface area (Å²) in [5, 5.41) is 16.5. The Labute approximate surface area is 142 Å². The molecule has 0 saturated heterocycles. The number of carbonyl (C=O) groups is 1. The molecule has 0 spiro atoms. The molecule has 25 heavy (non-hydrogen) atoms. The number of carbonyl (C=O) groups excluding carboxylic acids is 1. The molecule has 1 amide bonds. The summed E-state index contributed by atoms with van der Waals surface area (Å²) in [5.41, 5.74) is 2.29. The van der Waals surface area contributed by atoms with Gasteiger partial charge in [0, 0.05) is 35.5 Å². The normalized spacial score (nSPS) is 10.1. The van der Waals surface area contributed by atoms with E-state index in [9.17, 15) is 14.9 Å². The van der Waals surface area contributed by atoms with E-state index in [4.69, 9.17) is 0 Å². The molecule has 0 atom stereocenters. The molecule has 3 rings (SSSR count). The van der Waals surface area contributed by atoms with E-state index in [1.54, 1.807) is 24.5 Å². The van der Waals surface area contributed by atoms with Crippen LogP contribution in [0.2, 0.25) is 0 Å². The molecule has 0 bridgehead atoms. The number of amides is 1. The first-order chi connectivity index (χ1) is 12.1. The molecular formula is C17H13N5O3. The van der Waals surface area contributed by atoms with Crippen LogP contribution in [0.4, 0.5) is 22.7 Å². The molecule has 8 heteroatoms. The first kappa shape index (κ1) is 16.1. The average Bonchev–Trinajstić information content (AvgIpc) is 2.64. The highest BCUT2D eigenvalue weighted by Crippen LogP contribution is 2.19. The molecule has 0 saturated carbocycles. The maximum Gasteiger partial charge on any atom is 0.287 e. The maximum absolute atomic E-state index is 12.1. The maximum atomic E-state index is 12.1. The van der Waals surface area contributed by atoms with Gasteiger partial charge in [0.05, 0.1) is 4.92 Å². The van der Waals surface area contributed by atoms with E-state index in [-0.39, 0.29) is 11.4 Å². The van der Waals surface area contributed by atoms with Crippen molar-refractivity contribution in [3.05, 3.63) is 82.9 Å². The number of nitro groups is 1. The topological polar surface area (TPSA) is 110 Å². The number of pyridine rings is 2. The molecular weight excluding hydrogens is 322 g/mol. The van der Waals surface area contributed by atoms with E-state index in [1.165, 1.54) is 12.1 Å². The SMILES string of the molecule is O=C(Nc1ccc(Nc2ccncc2)cc1)c1ccc([N+](=O)[O-])cn1. The zero-order valence-electron chi connectivity index (χ0n) is 12.9. The van der Waals surface area contributed by atoms with Crippen LogP contribution in [0.1, 0.15) is 10.5 Å². The van der Waals surface area contributed by atoms with E-state index < -0.39 is 10.8 Å². The third-order valence-electron chi connectivity index (χ3n) is 3.30. The number of aromatic nitrogens is 2. The summed E-state index contributed by atoms with van der Waals surface area (Å²) in [6.45, 7) is 0. The average molecular weight is 335 g/mol. The van der Waals surface area contributed by atoms with Gasteiger partial charge in [0.1, 0.15) is 11.9 Å². The van der Waals surface area contributed by atoms with Gasteiger partial charge in [0.15, 0.2) is 0 Å². The van der Waals surface area contributed by atoms with Crippen LogP contribution >= 0.6 is 0 Å². The van der Waals surface area contributed by atoms with E-state index in [0.717, 1.165) is 17.6 Å². The number of nitrogens with one attached hydrogen (secondary N) is 2. The molecule has 0 aliphatic carbocycles. The van der Waals surface area contributed by atoms with Crippen LogP contribution in [0, 0.1) is 10.1 Å². The van der Waals surface area contributed by atoms with E-state index in [2.05, 4.69) is 20.6 Å². The fourth-order valence-electron chi connectivity index (χ4n) is 2.06. The molecule has 0 aliphatic rings. The predicted octanol–water partition coefficient (Wildman–Crippen LogP) is 3.38. The summed E-state index contributed by atoms with van der Waals surface area (Å²) in [6, 6.07) is 13.4. The van der Waals surface area contributed by atoms with Crippen molar-refractivity contribution in [3.8, 4) is 0 Å². The molecule has 0 radical (unpaired) electrons. The lowest BCUT2D eigenvalue weighted by atomic mass is 10.2. The third-order valence-corrected chi connectivity index (χ3v) is 3.30. The monoisotopic (exact) mass is 335 g/mol. The highest BCUT2D eigenvalue weighted by molar-refractivity contribution is 6.03. The number of hydrogen-bond acceptors (Lipinski definition) is 6. The van der Waals surface area contributed by atoms with Crippen molar-refractivity contribution in [2.75, 3.05) is 10.6 Å². The Hall–Kier alpha value is -3.81. The van der Waals surface area contributed by atoms with Crippen molar-refractivity contribution >= 4 is 28.7 Å². The third kappa shape index (κ3) is 4.14. The molecule has 0 fully saturated rings. The van der Waals surface area contributed by atoms with Gasteiger partial charge in [-0.15, -0.1) is 0 Å². The fraction of sp³-hybridized carbons (Fsp3) is 0. The van der Waals surface area contributed by atoms with Crippen molar-refractivity contribution in [1.82, 2.24) is 9.97 Å². The Balaban J connectivity index is 1.64. The van der Waals surface area contributed by atoms with Crippen LogP contribution in [-0.2, 0) is 0 Å². The minimum Gasteiger partial charge on any atom is -0.355 e. The lowest BCUT2D eigenvalue weighted by Gasteiger charge is -2.08. The second-order valence-electron chi connectivity index (χ2n) is 5.05. The van der Waals surface area contributed by atoms with E-state index >= 15 is 0 Å². The van der Waals surface area contributed by atoms with Crippen molar-refractivity contribution < 1.29 is 9.72 Å². The van der Waals surface area contributed by atoms with Crippen LogP contribution in [-0.4, -0.2) is 20.8 Å². The minimum absolute atomic E-state index is 0.101. The number of rotatable bonds is 5. The van der Waals surface area contributed by atoms with Gasteiger partial charge in [-0.25, -0.2) is 4.98 Å². The molecule has 2 aromatic heterocycles. The van der Waals surface area contributed by atoms with Crippen molar-refractivity contribution in [1.29, 1.82) is 0 Å². The quantitative estimate of drug-likeness (QED) is 0.546. The van der Waals surface area contributed by atoms with Gasteiger partial charge in [-0.2, -0.15) is 0 Å². The van der Waals surface area contributed by atoms with Crippen molar-refractivity contribution in [2.24, 2.45) is 0 Å². The Kier molecular flexibility index (Phi) is 4.61. The van der Waals surface area contributed by atoms with Gasteiger partial charge >= 0.3 is 0 Å². The van der Waals surface area contributed by atoms with Crippen LogP contribution < -0.4 is 10.6 Å². The Bertz CT molecular complexity index is 880. The Morgan fingerprint density at radius 1 is 0.920 bits per heavy atom. The van der Waals surface area contributed by atoms with E-state index in [1.807, 2.05) is 24.3 Å². The van der Waals surface area contributed by atoms with Gasteiger partial charge in [-0.3, -0.25) is 19.9 Å². The predicted molar refractivity (Wildman–Crippen MR) is 92.8 cm³/mol. The summed E-state index contributed by atoms with van der Waals surface area (Å²) < 4.78 is 0. The van der Waals surface area contributed by atoms with E-state index in [0.29, 0.717) is 5.69 Å². The number of nitrogens with zero attached hydrogens (tertiary/aromatic N) is 3. The Morgan fingerprint density at radius 3 is 2.16 bits per heavy atom. The molecule has 0 unspecified atom stereocenters. The second kappa shape index (κ2) is 7.18. The first-order valence-corrected chi connectivity index (χ1v) is 7.31. The molecule has 2 N–H and O–H groups in total. The van der Waals surface area contributed by atoms with Crippen LogP contribution in [0.15, 0.2) is 67.1 Å². The smallest absolute Gasteiger partial charge is 0.287 e.